The Morgan fingerprint density at radius 2 is 2.33 bits per heavy atom. The summed E-state index contributed by atoms with van der Waals surface area (Å²) in [7, 11) is -0.793. The molecule has 0 spiro atoms. The SMILES string of the molecule is CCCNCC(CCc1nccn1C)C1CCS(=O)(=O)C1. The lowest BCUT2D eigenvalue weighted by Crippen LogP contribution is -2.30. The van der Waals surface area contributed by atoms with E-state index in [1.165, 1.54) is 0 Å². The summed E-state index contributed by atoms with van der Waals surface area (Å²) in [4.78, 5) is 4.36. The number of imidazole rings is 1. The van der Waals surface area contributed by atoms with Gasteiger partial charge in [0.05, 0.1) is 11.5 Å². The molecule has 120 valence electrons. The first-order valence-corrected chi connectivity index (χ1v) is 9.71. The highest BCUT2D eigenvalue weighted by Gasteiger charge is 2.33. The van der Waals surface area contributed by atoms with E-state index in [0.29, 0.717) is 23.3 Å². The Morgan fingerprint density at radius 1 is 1.52 bits per heavy atom. The maximum absolute atomic E-state index is 11.7. The number of sulfone groups is 1. The van der Waals surface area contributed by atoms with Crippen LogP contribution in [0.3, 0.4) is 0 Å². The summed E-state index contributed by atoms with van der Waals surface area (Å²) in [5, 5.41) is 3.46. The van der Waals surface area contributed by atoms with Crippen LogP contribution in [0, 0.1) is 11.8 Å². The normalized spacial score (nSPS) is 22.5. The second-order valence-corrected chi connectivity index (χ2v) is 8.35. The van der Waals surface area contributed by atoms with Crippen LogP contribution < -0.4 is 5.32 Å². The minimum absolute atomic E-state index is 0.305. The molecule has 0 saturated carbocycles. The summed E-state index contributed by atoms with van der Waals surface area (Å²) < 4.78 is 25.5. The summed E-state index contributed by atoms with van der Waals surface area (Å²) in [5.41, 5.74) is 0. The molecule has 0 radical (unpaired) electrons. The monoisotopic (exact) mass is 313 g/mol. The lowest BCUT2D eigenvalue weighted by Gasteiger charge is -2.23. The number of hydrogen-bond donors (Lipinski definition) is 1. The lowest BCUT2D eigenvalue weighted by molar-refractivity contribution is 0.323. The Bertz CT molecular complexity index is 539. The van der Waals surface area contributed by atoms with Crippen LogP contribution >= 0.6 is 0 Å². The van der Waals surface area contributed by atoms with Gasteiger partial charge in [-0.15, -0.1) is 0 Å². The highest BCUT2D eigenvalue weighted by Crippen LogP contribution is 2.28. The largest absolute Gasteiger partial charge is 0.338 e. The van der Waals surface area contributed by atoms with Crippen LogP contribution in [0.2, 0.25) is 0 Å². The number of hydrogen-bond acceptors (Lipinski definition) is 4. The number of nitrogens with one attached hydrogen (secondary N) is 1. The van der Waals surface area contributed by atoms with Crippen molar-refractivity contribution in [2.45, 2.75) is 32.6 Å². The first-order chi connectivity index (χ1) is 10.0. The molecule has 1 aromatic rings. The maximum Gasteiger partial charge on any atom is 0.150 e. The van der Waals surface area contributed by atoms with Gasteiger partial charge in [0, 0.05) is 25.9 Å². The average Bonchev–Trinajstić information content (AvgIpc) is 3.00. The Morgan fingerprint density at radius 3 is 2.90 bits per heavy atom. The third kappa shape index (κ3) is 4.81. The molecule has 1 aliphatic rings. The van der Waals surface area contributed by atoms with Gasteiger partial charge in [0.15, 0.2) is 9.84 Å². The van der Waals surface area contributed by atoms with E-state index in [2.05, 4.69) is 17.2 Å². The number of aryl methyl sites for hydroxylation is 2. The molecule has 1 saturated heterocycles. The second-order valence-electron chi connectivity index (χ2n) is 6.12. The lowest BCUT2D eigenvalue weighted by atomic mass is 9.87. The molecule has 0 bridgehead atoms. The third-order valence-corrected chi connectivity index (χ3v) is 6.22. The zero-order valence-electron chi connectivity index (χ0n) is 13.1. The smallest absolute Gasteiger partial charge is 0.150 e. The molecule has 0 aliphatic carbocycles. The fourth-order valence-corrected chi connectivity index (χ4v) is 5.04. The number of aromatic nitrogens is 2. The van der Waals surface area contributed by atoms with Crippen molar-refractivity contribution in [1.29, 1.82) is 0 Å². The van der Waals surface area contributed by atoms with Crippen LogP contribution in [-0.4, -0.2) is 42.6 Å². The van der Waals surface area contributed by atoms with Gasteiger partial charge in [-0.2, -0.15) is 0 Å². The predicted octanol–water partition coefficient (Wildman–Crippen LogP) is 1.40. The van der Waals surface area contributed by atoms with E-state index in [1.807, 2.05) is 24.0 Å². The fourth-order valence-electron chi connectivity index (χ4n) is 3.12. The van der Waals surface area contributed by atoms with Gasteiger partial charge in [-0.05, 0) is 44.2 Å². The van der Waals surface area contributed by atoms with Crippen molar-refractivity contribution < 1.29 is 8.42 Å². The minimum Gasteiger partial charge on any atom is -0.338 e. The first-order valence-electron chi connectivity index (χ1n) is 7.89. The van der Waals surface area contributed by atoms with Gasteiger partial charge >= 0.3 is 0 Å². The molecule has 2 unspecified atom stereocenters. The van der Waals surface area contributed by atoms with Gasteiger partial charge in [0.25, 0.3) is 0 Å². The molecule has 2 atom stereocenters. The highest BCUT2D eigenvalue weighted by molar-refractivity contribution is 7.91. The van der Waals surface area contributed by atoms with Crippen molar-refractivity contribution in [2.24, 2.45) is 18.9 Å². The van der Waals surface area contributed by atoms with Gasteiger partial charge in [-0.1, -0.05) is 6.92 Å². The molecule has 21 heavy (non-hydrogen) atoms. The molecule has 6 heteroatoms. The van der Waals surface area contributed by atoms with E-state index in [4.69, 9.17) is 0 Å². The highest BCUT2D eigenvalue weighted by atomic mass is 32.2. The van der Waals surface area contributed by atoms with E-state index in [9.17, 15) is 8.42 Å². The third-order valence-electron chi connectivity index (χ3n) is 4.43. The average molecular weight is 313 g/mol. The Kier molecular flexibility index (Phi) is 5.81. The van der Waals surface area contributed by atoms with Crippen LogP contribution in [0.5, 0.6) is 0 Å². The molecular formula is C15H27N3O2S. The predicted molar refractivity (Wildman–Crippen MR) is 84.9 cm³/mol. The van der Waals surface area contributed by atoms with Gasteiger partial charge in [0.1, 0.15) is 5.82 Å². The standard InChI is InChI=1S/C15H27N3O2S/c1-3-7-16-11-13(14-6-10-21(19,20)12-14)4-5-15-17-8-9-18(15)2/h8-9,13-14,16H,3-7,10-12H2,1-2H3. The van der Waals surface area contributed by atoms with E-state index in [1.54, 1.807) is 0 Å². The van der Waals surface area contributed by atoms with Gasteiger partial charge in [-0.25, -0.2) is 13.4 Å². The van der Waals surface area contributed by atoms with E-state index in [0.717, 1.165) is 44.6 Å². The summed E-state index contributed by atoms with van der Waals surface area (Å²) in [5.74, 6) is 2.54. The molecule has 2 rings (SSSR count). The summed E-state index contributed by atoms with van der Waals surface area (Å²) in [6.07, 6.45) is 7.62. The van der Waals surface area contributed by atoms with E-state index < -0.39 is 9.84 Å². The Hall–Kier alpha value is -0.880. The van der Waals surface area contributed by atoms with Crippen molar-refractivity contribution in [3.05, 3.63) is 18.2 Å². The molecule has 0 amide bonds. The molecular weight excluding hydrogens is 286 g/mol. The van der Waals surface area contributed by atoms with Gasteiger partial charge in [0.2, 0.25) is 0 Å². The van der Waals surface area contributed by atoms with Gasteiger partial charge < -0.3 is 9.88 Å². The molecule has 5 nitrogen and oxygen atoms in total. The van der Waals surface area contributed by atoms with Gasteiger partial charge in [-0.3, -0.25) is 0 Å². The van der Waals surface area contributed by atoms with E-state index >= 15 is 0 Å². The topological polar surface area (TPSA) is 64.0 Å². The van der Waals surface area contributed by atoms with Crippen LogP contribution in [-0.2, 0) is 23.3 Å². The summed E-state index contributed by atoms with van der Waals surface area (Å²) in [6, 6.07) is 0. The summed E-state index contributed by atoms with van der Waals surface area (Å²) >= 11 is 0. The van der Waals surface area contributed by atoms with Crippen molar-refractivity contribution in [2.75, 3.05) is 24.6 Å². The minimum atomic E-state index is -2.80. The molecule has 1 aliphatic heterocycles. The van der Waals surface area contributed by atoms with Crippen LogP contribution in [0.25, 0.3) is 0 Å². The second kappa shape index (κ2) is 7.40. The zero-order chi connectivity index (χ0) is 15.3. The maximum atomic E-state index is 11.7. The van der Waals surface area contributed by atoms with Crippen molar-refractivity contribution >= 4 is 9.84 Å². The van der Waals surface area contributed by atoms with E-state index in [-0.39, 0.29) is 0 Å². The van der Waals surface area contributed by atoms with Crippen LogP contribution in [0.15, 0.2) is 12.4 Å². The summed E-state index contributed by atoms with van der Waals surface area (Å²) in [6.45, 7) is 4.06. The fraction of sp³-hybridized carbons (Fsp3) is 0.800. The zero-order valence-corrected chi connectivity index (χ0v) is 13.9. The van der Waals surface area contributed by atoms with Crippen molar-refractivity contribution in [3.63, 3.8) is 0 Å². The van der Waals surface area contributed by atoms with Crippen LogP contribution in [0.4, 0.5) is 0 Å². The molecule has 1 aromatic heterocycles. The quantitative estimate of drug-likeness (QED) is 0.737. The number of rotatable bonds is 8. The molecule has 2 heterocycles. The molecule has 1 N–H and O–H groups in total. The first kappa shape index (κ1) is 16.5. The van der Waals surface area contributed by atoms with Crippen LogP contribution in [0.1, 0.15) is 32.0 Å². The number of nitrogens with zero attached hydrogens (tertiary/aromatic N) is 2. The Balaban J connectivity index is 1.93. The Labute approximate surface area is 128 Å². The molecule has 0 aromatic carbocycles. The van der Waals surface area contributed by atoms with Crippen molar-refractivity contribution in [1.82, 2.24) is 14.9 Å². The van der Waals surface area contributed by atoms with Crippen molar-refractivity contribution in [3.8, 4) is 0 Å². The molecule has 1 fully saturated rings.